The molecule has 6 heteroatoms. The average molecular weight is 312 g/mol. The SMILES string of the molecule is NCc1ccc(OCCCN2CCCS(=O)(=O)CC2)cc1. The Morgan fingerprint density at radius 3 is 2.62 bits per heavy atom. The van der Waals surface area contributed by atoms with Crippen LogP contribution < -0.4 is 10.5 Å². The molecule has 0 aromatic heterocycles. The molecule has 2 rings (SSSR count). The Bertz CT molecular complexity index is 528. The maximum absolute atomic E-state index is 11.5. The second-order valence-corrected chi connectivity index (χ2v) is 7.70. The summed E-state index contributed by atoms with van der Waals surface area (Å²) in [6.45, 7) is 3.58. The van der Waals surface area contributed by atoms with Crippen LogP contribution in [0.3, 0.4) is 0 Å². The van der Waals surface area contributed by atoms with Crippen molar-refractivity contribution in [1.29, 1.82) is 0 Å². The van der Waals surface area contributed by atoms with Gasteiger partial charge in [0.25, 0.3) is 0 Å². The van der Waals surface area contributed by atoms with Crippen molar-refractivity contribution in [3.05, 3.63) is 29.8 Å². The third-order valence-electron chi connectivity index (χ3n) is 3.69. The van der Waals surface area contributed by atoms with Gasteiger partial charge in [0.15, 0.2) is 9.84 Å². The normalized spacial score (nSPS) is 19.1. The zero-order valence-corrected chi connectivity index (χ0v) is 13.1. The molecule has 1 aliphatic heterocycles. The molecule has 0 bridgehead atoms. The lowest BCUT2D eigenvalue weighted by Gasteiger charge is -2.18. The number of nitrogens with zero attached hydrogens (tertiary/aromatic N) is 1. The van der Waals surface area contributed by atoms with Crippen LogP contribution >= 0.6 is 0 Å². The van der Waals surface area contributed by atoms with Gasteiger partial charge >= 0.3 is 0 Å². The van der Waals surface area contributed by atoms with Crippen LogP contribution in [0.25, 0.3) is 0 Å². The molecule has 2 N–H and O–H groups in total. The van der Waals surface area contributed by atoms with Crippen LogP contribution in [-0.2, 0) is 16.4 Å². The number of nitrogens with two attached hydrogens (primary N) is 1. The second kappa shape index (κ2) is 7.77. The summed E-state index contributed by atoms with van der Waals surface area (Å²) in [5.74, 6) is 1.47. The van der Waals surface area contributed by atoms with Crippen LogP contribution in [0.4, 0.5) is 0 Å². The molecule has 0 aliphatic carbocycles. The summed E-state index contributed by atoms with van der Waals surface area (Å²) >= 11 is 0. The summed E-state index contributed by atoms with van der Waals surface area (Å²) in [4.78, 5) is 2.21. The first kappa shape index (κ1) is 16.3. The third kappa shape index (κ3) is 5.65. The highest BCUT2D eigenvalue weighted by atomic mass is 32.2. The van der Waals surface area contributed by atoms with E-state index in [1.807, 2.05) is 24.3 Å². The lowest BCUT2D eigenvalue weighted by molar-refractivity contribution is 0.245. The molecule has 118 valence electrons. The lowest BCUT2D eigenvalue weighted by Crippen LogP contribution is -2.29. The maximum atomic E-state index is 11.5. The molecule has 0 saturated carbocycles. The van der Waals surface area contributed by atoms with E-state index in [1.165, 1.54) is 0 Å². The molecule has 1 aromatic rings. The van der Waals surface area contributed by atoms with Crippen LogP contribution in [0.2, 0.25) is 0 Å². The smallest absolute Gasteiger partial charge is 0.151 e. The van der Waals surface area contributed by atoms with E-state index >= 15 is 0 Å². The molecule has 1 fully saturated rings. The van der Waals surface area contributed by atoms with E-state index in [4.69, 9.17) is 10.5 Å². The number of sulfone groups is 1. The molecule has 0 amide bonds. The maximum Gasteiger partial charge on any atom is 0.151 e. The molecular formula is C15H24N2O3S. The van der Waals surface area contributed by atoms with Crippen LogP contribution in [-0.4, -0.2) is 51.1 Å². The quantitative estimate of drug-likeness (QED) is 0.795. The fourth-order valence-electron chi connectivity index (χ4n) is 2.41. The first-order valence-corrected chi connectivity index (χ1v) is 9.26. The van der Waals surface area contributed by atoms with Gasteiger partial charge in [0.2, 0.25) is 0 Å². The van der Waals surface area contributed by atoms with Crippen molar-refractivity contribution in [2.75, 3.05) is 37.7 Å². The van der Waals surface area contributed by atoms with Crippen molar-refractivity contribution in [3.63, 3.8) is 0 Å². The van der Waals surface area contributed by atoms with Crippen molar-refractivity contribution < 1.29 is 13.2 Å². The monoisotopic (exact) mass is 312 g/mol. The Kier molecular flexibility index (Phi) is 6.02. The summed E-state index contributed by atoms with van der Waals surface area (Å²) in [6, 6.07) is 7.80. The summed E-state index contributed by atoms with van der Waals surface area (Å²) in [7, 11) is -2.82. The summed E-state index contributed by atoms with van der Waals surface area (Å²) in [5.41, 5.74) is 6.64. The average Bonchev–Trinajstić information content (AvgIpc) is 2.65. The van der Waals surface area contributed by atoms with Gasteiger partial charge in [-0.1, -0.05) is 12.1 Å². The van der Waals surface area contributed by atoms with Crippen LogP contribution in [0.5, 0.6) is 5.75 Å². The van der Waals surface area contributed by atoms with Crippen LogP contribution in [0, 0.1) is 0 Å². The number of hydrogen-bond acceptors (Lipinski definition) is 5. The standard InChI is InChI=1S/C15H24N2O3S/c16-13-14-3-5-15(6-4-14)20-10-1-7-17-8-2-11-21(18,19)12-9-17/h3-6H,1-2,7-13,16H2. The molecule has 0 radical (unpaired) electrons. The zero-order valence-electron chi connectivity index (χ0n) is 12.3. The number of hydrogen-bond donors (Lipinski definition) is 1. The Labute approximate surface area is 127 Å². The number of rotatable bonds is 6. The van der Waals surface area contributed by atoms with Gasteiger partial charge in [-0.15, -0.1) is 0 Å². The van der Waals surface area contributed by atoms with Gasteiger partial charge in [0, 0.05) is 19.6 Å². The fraction of sp³-hybridized carbons (Fsp3) is 0.600. The topological polar surface area (TPSA) is 72.6 Å². The predicted octanol–water partition coefficient (Wildman–Crippen LogP) is 1.03. The van der Waals surface area contributed by atoms with Gasteiger partial charge < -0.3 is 15.4 Å². The highest BCUT2D eigenvalue weighted by molar-refractivity contribution is 7.91. The third-order valence-corrected chi connectivity index (χ3v) is 5.41. The van der Waals surface area contributed by atoms with Gasteiger partial charge in [-0.05, 0) is 37.1 Å². The van der Waals surface area contributed by atoms with E-state index in [2.05, 4.69) is 4.90 Å². The van der Waals surface area contributed by atoms with E-state index in [0.717, 1.165) is 37.2 Å². The van der Waals surface area contributed by atoms with Crippen LogP contribution in [0.15, 0.2) is 24.3 Å². The number of ether oxygens (including phenoxy) is 1. The Hall–Kier alpha value is -1.11. The van der Waals surface area contributed by atoms with Gasteiger partial charge in [-0.25, -0.2) is 8.42 Å². The molecule has 1 aromatic carbocycles. The van der Waals surface area contributed by atoms with Crippen molar-refractivity contribution in [2.45, 2.75) is 19.4 Å². The fourth-order valence-corrected chi connectivity index (χ4v) is 3.72. The van der Waals surface area contributed by atoms with E-state index in [-0.39, 0.29) is 5.75 Å². The lowest BCUT2D eigenvalue weighted by atomic mass is 10.2. The molecule has 1 saturated heterocycles. The second-order valence-electron chi connectivity index (χ2n) is 5.40. The summed E-state index contributed by atoms with van der Waals surface area (Å²) < 4.78 is 28.7. The largest absolute Gasteiger partial charge is 0.494 e. The van der Waals surface area contributed by atoms with Gasteiger partial charge in [-0.2, -0.15) is 0 Å². The van der Waals surface area contributed by atoms with E-state index in [1.54, 1.807) is 0 Å². The molecular weight excluding hydrogens is 288 g/mol. The molecule has 5 nitrogen and oxygen atoms in total. The Balaban J connectivity index is 1.67. The highest BCUT2D eigenvalue weighted by Gasteiger charge is 2.18. The minimum atomic E-state index is -2.82. The van der Waals surface area contributed by atoms with E-state index in [9.17, 15) is 8.42 Å². The molecule has 0 atom stereocenters. The van der Waals surface area contributed by atoms with Crippen LogP contribution in [0.1, 0.15) is 18.4 Å². The molecule has 1 heterocycles. The summed E-state index contributed by atoms with van der Waals surface area (Å²) in [5, 5.41) is 0. The zero-order chi connectivity index (χ0) is 15.1. The molecule has 21 heavy (non-hydrogen) atoms. The molecule has 0 spiro atoms. The number of benzene rings is 1. The van der Waals surface area contributed by atoms with E-state index < -0.39 is 9.84 Å². The summed E-state index contributed by atoms with van der Waals surface area (Å²) in [6.07, 6.45) is 1.64. The first-order chi connectivity index (χ1) is 10.1. The molecule has 1 aliphatic rings. The van der Waals surface area contributed by atoms with Gasteiger partial charge in [-0.3, -0.25) is 0 Å². The first-order valence-electron chi connectivity index (χ1n) is 7.44. The van der Waals surface area contributed by atoms with Crippen molar-refractivity contribution >= 4 is 9.84 Å². The highest BCUT2D eigenvalue weighted by Crippen LogP contribution is 2.12. The Morgan fingerprint density at radius 2 is 1.90 bits per heavy atom. The molecule has 0 unspecified atom stereocenters. The minimum Gasteiger partial charge on any atom is -0.494 e. The van der Waals surface area contributed by atoms with Gasteiger partial charge in [0.05, 0.1) is 18.1 Å². The van der Waals surface area contributed by atoms with Crippen molar-refractivity contribution in [2.24, 2.45) is 5.73 Å². The van der Waals surface area contributed by atoms with Gasteiger partial charge in [0.1, 0.15) is 5.75 Å². The van der Waals surface area contributed by atoms with Crippen molar-refractivity contribution in [3.8, 4) is 5.75 Å². The van der Waals surface area contributed by atoms with E-state index in [0.29, 0.717) is 25.4 Å². The Morgan fingerprint density at radius 1 is 1.14 bits per heavy atom. The van der Waals surface area contributed by atoms with Crippen molar-refractivity contribution in [1.82, 2.24) is 4.90 Å². The predicted molar refractivity (Wildman–Crippen MR) is 84.2 cm³/mol. The minimum absolute atomic E-state index is 0.286.